The molecule has 3 aromatic carbocycles. The number of benzene rings is 3. The quantitative estimate of drug-likeness (QED) is 0.510. The summed E-state index contributed by atoms with van der Waals surface area (Å²) in [6.45, 7) is 0. The number of carbonyl (C=O) groups is 2. The zero-order valence-corrected chi connectivity index (χ0v) is 16.8. The van der Waals surface area contributed by atoms with Gasteiger partial charge in [-0.1, -0.05) is 18.2 Å². The van der Waals surface area contributed by atoms with Crippen LogP contribution < -0.4 is 10.0 Å². The van der Waals surface area contributed by atoms with E-state index in [1.807, 2.05) is 0 Å². The molecule has 0 bridgehead atoms. The number of amides is 1. The minimum absolute atomic E-state index is 0.00177. The van der Waals surface area contributed by atoms with Crippen molar-refractivity contribution in [1.29, 1.82) is 0 Å². The fourth-order valence-electron chi connectivity index (χ4n) is 3.36. The molecular weight excluding hydrogens is 423 g/mol. The highest BCUT2D eigenvalue weighted by Gasteiger charge is 2.47. The van der Waals surface area contributed by atoms with E-state index in [1.54, 1.807) is 18.2 Å². The van der Waals surface area contributed by atoms with Gasteiger partial charge in [0, 0.05) is 22.5 Å². The fourth-order valence-corrected chi connectivity index (χ4v) is 4.44. The third kappa shape index (κ3) is 3.92. The molecule has 9 heteroatoms. The van der Waals surface area contributed by atoms with Gasteiger partial charge in [-0.05, 0) is 54.6 Å². The van der Waals surface area contributed by atoms with Gasteiger partial charge in [0.15, 0.2) is 11.4 Å². The first-order valence-electron chi connectivity index (χ1n) is 9.24. The molecule has 1 atom stereocenters. The summed E-state index contributed by atoms with van der Waals surface area (Å²) in [7, 11) is -3.78. The Bertz CT molecular complexity index is 1280. The van der Waals surface area contributed by atoms with Crippen LogP contribution in [-0.2, 0) is 20.4 Å². The second kappa shape index (κ2) is 7.60. The molecule has 1 unspecified atom stereocenters. The van der Waals surface area contributed by atoms with E-state index in [-0.39, 0.29) is 27.4 Å². The molecule has 1 aliphatic rings. The lowest BCUT2D eigenvalue weighted by Gasteiger charge is -2.20. The van der Waals surface area contributed by atoms with Crippen molar-refractivity contribution >= 4 is 33.1 Å². The largest absolute Gasteiger partial charge is 0.375 e. The minimum Gasteiger partial charge on any atom is -0.375 e. The summed E-state index contributed by atoms with van der Waals surface area (Å²) in [6.07, 6.45) is -0.593. The number of Topliss-reactive ketones (excluding diaryl/α,β-unsaturated/α-hetero) is 1. The molecular formula is C22H17FN2O5S. The zero-order chi connectivity index (χ0) is 22.2. The molecule has 31 heavy (non-hydrogen) atoms. The average Bonchev–Trinajstić information content (AvgIpc) is 2.98. The molecule has 4 rings (SSSR count). The third-order valence-corrected chi connectivity index (χ3v) is 6.38. The highest BCUT2D eigenvalue weighted by atomic mass is 32.2. The number of halogens is 1. The van der Waals surface area contributed by atoms with E-state index >= 15 is 0 Å². The maximum Gasteiger partial charge on any atom is 0.261 e. The van der Waals surface area contributed by atoms with Crippen molar-refractivity contribution in [3.8, 4) is 0 Å². The first kappa shape index (κ1) is 20.7. The van der Waals surface area contributed by atoms with E-state index in [0.717, 1.165) is 12.1 Å². The smallest absolute Gasteiger partial charge is 0.261 e. The van der Waals surface area contributed by atoms with Crippen LogP contribution in [0.4, 0.5) is 15.8 Å². The van der Waals surface area contributed by atoms with Gasteiger partial charge in [-0.15, -0.1) is 0 Å². The van der Waals surface area contributed by atoms with Crippen LogP contribution in [-0.4, -0.2) is 25.2 Å². The molecule has 7 nitrogen and oxygen atoms in total. The summed E-state index contributed by atoms with van der Waals surface area (Å²) in [5, 5.41) is 13.2. The molecule has 0 aliphatic carbocycles. The fraction of sp³-hybridized carbons (Fsp3) is 0.0909. The van der Waals surface area contributed by atoms with Crippen molar-refractivity contribution in [2.75, 3.05) is 10.0 Å². The molecule has 3 N–H and O–H groups in total. The summed E-state index contributed by atoms with van der Waals surface area (Å²) in [4.78, 5) is 25.0. The van der Waals surface area contributed by atoms with Crippen LogP contribution in [0.15, 0.2) is 77.7 Å². The normalized spacial score (nSPS) is 17.7. The van der Waals surface area contributed by atoms with Crippen molar-refractivity contribution in [1.82, 2.24) is 0 Å². The minimum atomic E-state index is -3.78. The van der Waals surface area contributed by atoms with Gasteiger partial charge in [-0.25, -0.2) is 12.8 Å². The van der Waals surface area contributed by atoms with Crippen molar-refractivity contribution in [3.05, 3.63) is 89.7 Å². The Morgan fingerprint density at radius 2 is 1.71 bits per heavy atom. The Morgan fingerprint density at radius 1 is 1.03 bits per heavy atom. The first-order chi connectivity index (χ1) is 14.7. The van der Waals surface area contributed by atoms with E-state index in [9.17, 15) is 27.5 Å². The van der Waals surface area contributed by atoms with Crippen LogP contribution in [0.2, 0.25) is 0 Å². The Hall–Kier alpha value is -3.56. The summed E-state index contributed by atoms with van der Waals surface area (Å²) < 4.78 is 40.8. The zero-order valence-electron chi connectivity index (χ0n) is 16.0. The Labute approximate surface area is 177 Å². The number of rotatable bonds is 6. The molecule has 0 aromatic heterocycles. The van der Waals surface area contributed by atoms with Crippen LogP contribution >= 0.6 is 0 Å². The van der Waals surface area contributed by atoms with Gasteiger partial charge in [0.25, 0.3) is 15.9 Å². The van der Waals surface area contributed by atoms with Gasteiger partial charge in [0.1, 0.15) is 5.82 Å². The molecule has 0 spiro atoms. The first-order valence-corrected chi connectivity index (χ1v) is 10.7. The summed E-state index contributed by atoms with van der Waals surface area (Å²) in [5.74, 6) is -2.02. The topological polar surface area (TPSA) is 113 Å². The standard InChI is InChI=1S/C22H17FN2O5S/c23-15-8-11-19-18(12-15)22(28,21(27)24-19)13-20(26)14-6-9-16(10-7-14)25-31(29,30)17-4-2-1-3-5-17/h1-12,25,28H,13H2,(H,24,27). The number of hydrogen-bond acceptors (Lipinski definition) is 5. The Balaban J connectivity index is 1.52. The predicted octanol–water partition coefficient (Wildman–Crippen LogP) is 3.04. The van der Waals surface area contributed by atoms with E-state index < -0.39 is 39.6 Å². The number of aliphatic hydroxyl groups is 1. The van der Waals surface area contributed by atoms with Crippen molar-refractivity contribution in [3.63, 3.8) is 0 Å². The number of sulfonamides is 1. The number of anilines is 2. The number of carbonyl (C=O) groups excluding carboxylic acids is 2. The second-order valence-electron chi connectivity index (χ2n) is 7.10. The average molecular weight is 440 g/mol. The lowest BCUT2D eigenvalue weighted by molar-refractivity contribution is -0.133. The van der Waals surface area contributed by atoms with E-state index in [1.165, 1.54) is 42.5 Å². The number of ketones is 1. The van der Waals surface area contributed by atoms with Gasteiger partial charge in [-0.2, -0.15) is 0 Å². The Morgan fingerprint density at radius 3 is 2.39 bits per heavy atom. The number of hydrogen-bond donors (Lipinski definition) is 3. The number of fused-ring (bicyclic) bond motifs is 1. The summed E-state index contributed by atoms with van der Waals surface area (Å²) in [6, 6.07) is 16.9. The second-order valence-corrected chi connectivity index (χ2v) is 8.78. The molecule has 1 aliphatic heterocycles. The van der Waals surface area contributed by atoms with Gasteiger partial charge < -0.3 is 10.4 Å². The van der Waals surface area contributed by atoms with Gasteiger partial charge in [0.05, 0.1) is 11.3 Å². The molecule has 3 aromatic rings. The summed E-state index contributed by atoms with van der Waals surface area (Å²) in [5.41, 5.74) is -1.55. The van der Waals surface area contributed by atoms with Gasteiger partial charge in [-0.3, -0.25) is 14.3 Å². The van der Waals surface area contributed by atoms with Crippen LogP contribution in [0.3, 0.4) is 0 Å². The molecule has 0 saturated heterocycles. The predicted molar refractivity (Wildman–Crippen MR) is 112 cm³/mol. The van der Waals surface area contributed by atoms with Gasteiger partial charge >= 0.3 is 0 Å². The highest BCUT2D eigenvalue weighted by molar-refractivity contribution is 7.92. The molecule has 0 saturated carbocycles. The van der Waals surface area contributed by atoms with E-state index in [2.05, 4.69) is 10.0 Å². The highest BCUT2D eigenvalue weighted by Crippen LogP contribution is 2.39. The SMILES string of the molecule is O=C(CC1(O)C(=O)Nc2ccc(F)cc21)c1ccc(NS(=O)(=O)c2ccccc2)cc1. The Kier molecular flexibility index (Phi) is 5.08. The summed E-state index contributed by atoms with van der Waals surface area (Å²) >= 11 is 0. The van der Waals surface area contributed by atoms with Crippen molar-refractivity contribution < 1.29 is 27.5 Å². The van der Waals surface area contributed by atoms with Crippen LogP contribution in [0.25, 0.3) is 0 Å². The van der Waals surface area contributed by atoms with E-state index in [4.69, 9.17) is 0 Å². The lowest BCUT2D eigenvalue weighted by Crippen LogP contribution is -2.36. The molecule has 1 amide bonds. The van der Waals surface area contributed by atoms with Gasteiger partial charge in [0.2, 0.25) is 0 Å². The lowest BCUT2D eigenvalue weighted by atomic mass is 9.88. The van der Waals surface area contributed by atoms with Crippen LogP contribution in [0.1, 0.15) is 22.3 Å². The molecule has 1 heterocycles. The molecule has 0 radical (unpaired) electrons. The van der Waals surface area contributed by atoms with Crippen LogP contribution in [0.5, 0.6) is 0 Å². The van der Waals surface area contributed by atoms with E-state index in [0.29, 0.717) is 0 Å². The molecule has 0 fully saturated rings. The maximum atomic E-state index is 13.6. The third-order valence-electron chi connectivity index (χ3n) is 4.98. The number of nitrogens with one attached hydrogen (secondary N) is 2. The van der Waals surface area contributed by atoms with Crippen LogP contribution in [0, 0.1) is 5.82 Å². The maximum absolute atomic E-state index is 13.6. The monoisotopic (exact) mass is 440 g/mol. The molecule has 158 valence electrons. The van der Waals surface area contributed by atoms with Crippen molar-refractivity contribution in [2.24, 2.45) is 0 Å². The van der Waals surface area contributed by atoms with Crippen molar-refractivity contribution in [2.45, 2.75) is 16.9 Å².